The van der Waals surface area contributed by atoms with Crippen molar-refractivity contribution in [3.05, 3.63) is 28.1 Å². The van der Waals surface area contributed by atoms with Crippen molar-refractivity contribution in [2.45, 2.75) is 6.04 Å². The van der Waals surface area contributed by atoms with Crippen LogP contribution in [0.2, 0.25) is 0 Å². The van der Waals surface area contributed by atoms with Gasteiger partial charge >= 0.3 is 0 Å². The van der Waals surface area contributed by atoms with Crippen molar-refractivity contribution in [2.24, 2.45) is 7.05 Å². The number of ether oxygens (including phenoxy) is 1. The molecule has 1 aromatic rings. The first-order valence-electron chi connectivity index (χ1n) is 5.16. The molecule has 0 bridgehead atoms. The van der Waals surface area contributed by atoms with E-state index in [1.165, 1.54) is 23.9 Å². The Morgan fingerprint density at radius 1 is 1.72 bits per heavy atom. The summed E-state index contributed by atoms with van der Waals surface area (Å²) in [7, 11) is 3.06. The highest BCUT2D eigenvalue weighted by Crippen LogP contribution is 2.15. The van der Waals surface area contributed by atoms with Crippen molar-refractivity contribution >= 4 is 23.2 Å². The predicted molar refractivity (Wildman–Crippen MR) is 65.9 cm³/mol. The topological polar surface area (TPSA) is 86.4 Å². The Hall–Kier alpha value is -1.60. The molecule has 0 aliphatic carbocycles. The normalized spacial score (nSPS) is 12.2. The Morgan fingerprint density at radius 3 is 2.83 bits per heavy atom. The van der Waals surface area contributed by atoms with Gasteiger partial charge in [0.05, 0.1) is 23.8 Å². The number of aryl methyl sites for hydroxylation is 1. The number of aromatic nitrogens is 1. The van der Waals surface area contributed by atoms with Gasteiger partial charge < -0.3 is 14.6 Å². The van der Waals surface area contributed by atoms with Crippen LogP contribution >= 0.6 is 11.6 Å². The number of nitrogens with one attached hydrogen (secondary N) is 1. The highest BCUT2D eigenvalue weighted by molar-refractivity contribution is 6.18. The molecule has 1 unspecified atom stereocenters. The van der Waals surface area contributed by atoms with Crippen LogP contribution in [0.1, 0.15) is 10.5 Å². The van der Waals surface area contributed by atoms with Gasteiger partial charge in [0.2, 0.25) is 0 Å². The molecule has 0 aliphatic heterocycles. The Labute approximate surface area is 109 Å². The number of nitrogens with zero attached hydrogens (tertiary/aromatic N) is 2. The maximum absolute atomic E-state index is 11.9. The van der Waals surface area contributed by atoms with Crippen LogP contribution in [0, 0.1) is 10.1 Å². The van der Waals surface area contributed by atoms with Crippen molar-refractivity contribution in [3.63, 3.8) is 0 Å². The smallest absolute Gasteiger partial charge is 0.287 e. The number of nitro groups is 1. The molecule has 100 valence electrons. The molecule has 1 aromatic heterocycles. The zero-order chi connectivity index (χ0) is 13.7. The van der Waals surface area contributed by atoms with Crippen LogP contribution in [-0.2, 0) is 11.8 Å². The van der Waals surface area contributed by atoms with Crippen LogP contribution in [0.5, 0.6) is 0 Å². The number of amides is 1. The number of alkyl halides is 1. The summed E-state index contributed by atoms with van der Waals surface area (Å²) in [5.74, 6) is -0.222. The van der Waals surface area contributed by atoms with Crippen molar-refractivity contribution in [3.8, 4) is 0 Å². The molecule has 0 saturated heterocycles. The molecular weight excluding hydrogens is 262 g/mol. The molecule has 0 fully saturated rings. The highest BCUT2D eigenvalue weighted by Gasteiger charge is 2.19. The van der Waals surface area contributed by atoms with Gasteiger partial charge in [-0.25, -0.2) is 0 Å². The lowest BCUT2D eigenvalue weighted by atomic mass is 10.3. The molecule has 0 saturated carbocycles. The van der Waals surface area contributed by atoms with Crippen LogP contribution in [0.25, 0.3) is 0 Å². The third-order valence-electron chi connectivity index (χ3n) is 2.32. The predicted octanol–water partition coefficient (Wildman–Crippen LogP) is 0.917. The lowest BCUT2D eigenvalue weighted by Crippen LogP contribution is -2.40. The monoisotopic (exact) mass is 275 g/mol. The molecule has 8 heteroatoms. The van der Waals surface area contributed by atoms with Gasteiger partial charge in [0.25, 0.3) is 11.6 Å². The van der Waals surface area contributed by atoms with E-state index in [0.717, 1.165) is 0 Å². The number of halogens is 1. The molecule has 1 atom stereocenters. The molecule has 18 heavy (non-hydrogen) atoms. The van der Waals surface area contributed by atoms with Crippen LogP contribution in [-0.4, -0.2) is 41.0 Å². The van der Waals surface area contributed by atoms with E-state index < -0.39 is 10.8 Å². The minimum absolute atomic E-state index is 0.128. The summed E-state index contributed by atoms with van der Waals surface area (Å²) < 4.78 is 6.29. The van der Waals surface area contributed by atoms with Crippen LogP contribution in [0.15, 0.2) is 12.3 Å². The molecule has 0 aliphatic rings. The van der Waals surface area contributed by atoms with E-state index in [1.807, 2.05) is 0 Å². The van der Waals surface area contributed by atoms with E-state index in [0.29, 0.717) is 0 Å². The lowest BCUT2D eigenvalue weighted by molar-refractivity contribution is -0.384. The summed E-state index contributed by atoms with van der Waals surface area (Å²) in [5.41, 5.74) is 0.0738. The van der Waals surface area contributed by atoms with Gasteiger partial charge in [-0.15, -0.1) is 11.6 Å². The molecule has 1 rings (SSSR count). The summed E-state index contributed by atoms with van der Waals surface area (Å²) in [5, 5.41) is 13.2. The third-order valence-corrected chi connectivity index (χ3v) is 2.70. The van der Waals surface area contributed by atoms with E-state index in [9.17, 15) is 14.9 Å². The lowest BCUT2D eigenvalue weighted by Gasteiger charge is -2.14. The minimum Gasteiger partial charge on any atom is -0.383 e. The van der Waals surface area contributed by atoms with Gasteiger partial charge in [-0.2, -0.15) is 0 Å². The molecule has 0 spiro atoms. The Balaban J connectivity index is 2.80. The number of hydrogen-bond donors (Lipinski definition) is 1. The SMILES string of the molecule is COCC(CCl)NC(=O)c1cc([N+](=O)[O-])cn1C. The van der Waals surface area contributed by atoms with Gasteiger partial charge in [-0.1, -0.05) is 0 Å². The van der Waals surface area contributed by atoms with E-state index >= 15 is 0 Å². The fourth-order valence-electron chi connectivity index (χ4n) is 1.46. The van der Waals surface area contributed by atoms with E-state index in [-0.39, 0.29) is 29.9 Å². The average Bonchev–Trinajstić information content (AvgIpc) is 2.71. The van der Waals surface area contributed by atoms with Crippen LogP contribution in [0.3, 0.4) is 0 Å². The first-order chi connectivity index (χ1) is 8.49. The summed E-state index contributed by atoms with van der Waals surface area (Å²) in [6.45, 7) is 0.280. The molecule has 1 heterocycles. The second-order valence-electron chi connectivity index (χ2n) is 3.73. The molecule has 1 amide bonds. The summed E-state index contributed by atoms with van der Waals surface area (Å²) >= 11 is 5.66. The van der Waals surface area contributed by atoms with Crippen molar-refractivity contribution in [2.75, 3.05) is 19.6 Å². The average molecular weight is 276 g/mol. The van der Waals surface area contributed by atoms with Crippen molar-refractivity contribution < 1.29 is 14.5 Å². The quantitative estimate of drug-likeness (QED) is 0.475. The largest absolute Gasteiger partial charge is 0.383 e. The molecule has 7 nitrogen and oxygen atoms in total. The first kappa shape index (κ1) is 14.5. The van der Waals surface area contributed by atoms with Gasteiger partial charge in [0.15, 0.2) is 0 Å². The Morgan fingerprint density at radius 2 is 2.39 bits per heavy atom. The number of hydrogen-bond acceptors (Lipinski definition) is 4. The van der Waals surface area contributed by atoms with Gasteiger partial charge in [0, 0.05) is 26.1 Å². The fraction of sp³-hybridized carbons (Fsp3) is 0.500. The van der Waals surface area contributed by atoms with E-state index in [2.05, 4.69) is 5.32 Å². The fourth-order valence-corrected chi connectivity index (χ4v) is 1.62. The summed E-state index contributed by atoms with van der Waals surface area (Å²) in [6, 6.07) is 0.881. The molecular formula is C10H14ClN3O4. The van der Waals surface area contributed by atoms with Crippen molar-refractivity contribution in [1.82, 2.24) is 9.88 Å². The number of carbonyl (C=O) groups excluding carboxylic acids is 1. The molecule has 1 N–H and O–H groups in total. The number of carbonyl (C=O) groups is 1. The Kier molecular flexibility index (Phi) is 5.11. The van der Waals surface area contributed by atoms with E-state index in [1.54, 1.807) is 7.05 Å². The van der Waals surface area contributed by atoms with Crippen molar-refractivity contribution in [1.29, 1.82) is 0 Å². The highest BCUT2D eigenvalue weighted by atomic mass is 35.5. The maximum Gasteiger partial charge on any atom is 0.287 e. The maximum atomic E-state index is 11.9. The number of rotatable bonds is 6. The van der Waals surface area contributed by atoms with Gasteiger partial charge in [-0.3, -0.25) is 14.9 Å². The van der Waals surface area contributed by atoms with Crippen LogP contribution < -0.4 is 5.32 Å². The second kappa shape index (κ2) is 6.36. The zero-order valence-corrected chi connectivity index (χ0v) is 10.8. The summed E-state index contributed by atoms with van der Waals surface area (Å²) in [6.07, 6.45) is 1.28. The summed E-state index contributed by atoms with van der Waals surface area (Å²) in [4.78, 5) is 21.9. The van der Waals surface area contributed by atoms with Gasteiger partial charge in [0.1, 0.15) is 5.69 Å². The second-order valence-corrected chi connectivity index (χ2v) is 4.04. The standard InChI is InChI=1S/C10H14ClN3O4/c1-13-5-8(14(16)17)3-9(13)10(15)12-7(4-11)6-18-2/h3,5,7H,4,6H2,1-2H3,(H,12,15). The van der Waals surface area contributed by atoms with Gasteiger partial charge in [-0.05, 0) is 0 Å². The van der Waals surface area contributed by atoms with E-state index in [4.69, 9.17) is 16.3 Å². The number of methoxy groups -OCH3 is 1. The minimum atomic E-state index is -0.551. The first-order valence-corrected chi connectivity index (χ1v) is 5.69. The Bertz CT molecular complexity index is 446. The zero-order valence-electron chi connectivity index (χ0n) is 10.1. The molecule has 0 aromatic carbocycles. The molecule has 0 radical (unpaired) electrons. The third kappa shape index (κ3) is 3.44. The van der Waals surface area contributed by atoms with Crippen LogP contribution in [0.4, 0.5) is 5.69 Å².